The minimum absolute atomic E-state index is 0.357. The Hall–Kier alpha value is -0.530. The highest BCUT2D eigenvalue weighted by atomic mass is 15.1. The molecule has 0 radical (unpaired) electrons. The van der Waals surface area contributed by atoms with Gasteiger partial charge >= 0.3 is 0 Å². The van der Waals surface area contributed by atoms with Crippen molar-refractivity contribution in [3.05, 3.63) is 0 Å². The lowest BCUT2D eigenvalue weighted by Crippen LogP contribution is -2.27. The average molecular weight is 142 g/mol. The van der Waals surface area contributed by atoms with Crippen LogP contribution in [-0.4, -0.2) is 31.9 Å². The third-order valence-electron chi connectivity index (χ3n) is 1.04. The van der Waals surface area contributed by atoms with Crippen LogP contribution in [0.3, 0.4) is 0 Å². The van der Waals surface area contributed by atoms with E-state index >= 15 is 0 Å². The van der Waals surface area contributed by atoms with Crippen molar-refractivity contribution in [3.63, 3.8) is 0 Å². The Bertz CT molecular complexity index is 111. The predicted molar refractivity (Wildman–Crippen MR) is 46.5 cm³/mol. The molecule has 0 N–H and O–H groups in total. The molecular formula is C8H18N2. The Balaban J connectivity index is 3.68. The number of rotatable bonds is 2. The van der Waals surface area contributed by atoms with Crippen molar-refractivity contribution in [1.29, 1.82) is 0 Å². The van der Waals surface area contributed by atoms with Gasteiger partial charge in [0.25, 0.3) is 0 Å². The van der Waals surface area contributed by atoms with E-state index in [0.29, 0.717) is 5.41 Å². The Labute approximate surface area is 63.9 Å². The minimum atomic E-state index is 0.357. The molecule has 0 rings (SSSR count). The lowest BCUT2D eigenvalue weighted by molar-refractivity contribution is 0.311. The van der Waals surface area contributed by atoms with E-state index in [4.69, 9.17) is 0 Å². The first-order valence-electron chi connectivity index (χ1n) is 3.58. The molecule has 0 aromatic carbocycles. The van der Waals surface area contributed by atoms with Crippen LogP contribution in [0.25, 0.3) is 0 Å². The third kappa shape index (κ3) is 5.60. The second kappa shape index (κ2) is 3.59. The summed E-state index contributed by atoms with van der Waals surface area (Å²) in [4.78, 5) is 6.02. The molecule has 0 aliphatic carbocycles. The van der Waals surface area contributed by atoms with Gasteiger partial charge in [-0.1, -0.05) is 20.8 Å². The highest BCUT2D eigenvalue weighted by Crippen LogP contribution is 2.12. The van der Waals surface area contributed by atoms with Crippen molar-refractivity contribution < 1.29 is 0 Å². The Kier molecular flexibility index (Phi) is 3.40. The van der Waals surface area contributed by atoms with Crippen LogP contribution in [0.4, 0.5) is 0 Å². The molecule has 0 spiro atoms. The largest absolute Gasteiger partial charge is 0.366 e. The van der Waals surface area contributed by atoms with Crippen LogP contribution in [-0.2, 0) is 0 Å². The number of hydrogen-bond donors (Lipinski definition) is 0. The molecule has 0 aliphatic heterocycles. The van der Waals surface area contributed by atoms with Crippen LogP contribution in [0.15, 0.2) is 4.99 Å². The predicted octanol–water partition coefficient (Wildman–Crippen LogP) is 1.62. The van der Waals surface area contributed by atoms with Crippen LogP contribution in [0.1, 0.15) is 20.8 Å². The molecule has 0 bridgehead atoms. The zero-order valence-electron chi connectivity index (χ0n) is 7.68. The van der Waals surface area contributed by atoms with E-state index in [1.165, 1.54) is 0 Å². The molecule has 0 saturated carbocycles. The normalized spacial score (nSPS) is 12.5. The van der Waals surface area contributed by atoms with E-state index in [1.807, 2.05) is 13.4 Å². The maximum Gasteiger partial charge on any atom is 0.0843 e. The van der Waals surface area contributed by atoms with Crippen LogP contribution >= 0.6 is 0 Å². The second-order valence-corrected chi connectivity index (χ2v) is 3.85. The molecule has 0 fully saturated rings. The SMILES string of the molecule is CN=CN(C)CC(C)(C)C. The zero-order chi connectivity index (χ0) is 8.20. The quantitative estimate of drug-likeness (QED) is 0.422. The van der Waals surface area contributed by atoms with E-state index in [9.17, 15) is 0 Å². The summed E-state index contributed by atoms with van der Waals surface area (Å²) in [6.07, 6.45) is 1.85. The second-order valence-electron chi connectivity index (χ2n) is 3.85. The standard InChI is InChI=1S/C8H18N2/c1-8(2,3)6-10(5)7-9-4/h7H,6H2,1-5H3. The summed E-state index contributed by atoms with van der Waals surface area (Å²) < 4.78 is 0. The van der Waals surface area contributed by atoms with Gasteiger partial charge in [0.2, 0.25) is 0 Å². The highest BCUT2D eigenvalue weighted by Gasteiger charge is 2.10. The fourth-order valence-electron chi connectivity index (χ4n) is 0.986. The molecule has 0 aromatic heterocycles. The summed E-state index contributed by atoms with van der Waals surface area (Å²) >= 11 is 0. The molecule has 0 amide bonds. The van der Waals surface area contributed by atoms with E-state index < -0.39 is 0 Å². The molecular weight excluding hydrogens is 124 g/mol. The fourth-order valence-corrected chi connectivity index (χ4v) is 0.986. The molecule has 0 aliphatic rings. The Morgan fingerprint density at radius 2 is 1.90 bits per heavy atom. The Morgan fingerprint density at radius 1 is 1.40 bits per heavy atom. The summed E-state index contributed by atoms with van der Waals surface area (Å²) in [5.74, 6) is 0. The van der Waals surface area contributed by atoms with Gasteiger partial charge in [-0.15, -0.1) is 0 Å². The highest BCUT2D eigenvalue weighted by molar-refractivity contribution is 5.54. The smallest absolute Gasteiger partial charge is 0.0843 e. The molecule has 0 heterocycles. The molecule has 0 aromatic rings. The van der Waals surface area contributed by atoms with Gasteiger partial charge in [-0.25, -0.2) is 0 Å². The van der Waals surface area contributed by atoms with Gasteiger partial charge in [-0.2, -0.15) is 0 Å². The molecule has 0 saturated heterocycles. The minimum Gasteiger partial charge on any atom is -0.366 e. The van der Waals surface area contributed by atoms with Gasteiger partial charge in [-0.05, 0) is 5.41 Å². The first-order chi connectivity index (χ1) is 4.45. The van der Waals surface area contributed by atoms with Crippen molar-refractivity contribution >= 4 is 6.34 Å². The van der Waals surface area contributed by atoms with Gasteiger partial charge in [0.05, 0.1) is 6.34 Å². The van der Waals surface area contributed by atoms with E-state index in [1.54, 1.807) is 7.05 Å². The maximum atomic E-state index is 3.92. The van der Waals surface area contributed by atoms with Gasteiger partial charge < -0.3 is 4.90 Å². The topological polar surface area (TPSA) is 15.6 Å². The fraction of sp³-hybridized carbons (Fsp3) is 0.875. The summed E-state index contributed by atoms with van der Waals surface area (Å²) in [5.41, 5.74) is 0.357. The van der Waals surface area contributed by atoms with Gasteiger partial charge in [-0.3, -0.25) is 4.99 Å². The number of hydrogen-bond acceptors (Lipinski definition) is 1. The first-order valence-corrected chi connectivity index (χ1v) is 3.58. The van der Waals surface area contributed by atoms with Crippen molar-refractivity contribution in [3.8, 4) is 0 Å². The van der Waals surface area contributed by atoms with Crippen LogP contribution in [0.5, 0.6) is 0 Å². The van der Waals surface area contributed by atoms with Crippen LogP contribution in [0.2, 0.25) is 0 Å². The average Bonchev–Trinajstić information content (AvgIpc) is 1.59. The van der Waals surface area contributed by atoms with Crippen molar-refractivity contribution in [1.82, 2.24) is 4.90 Å². The van der Waals surface area contributed by atoms with Gasteiger partial charge in [0.1, 0.15) is 0 Å². The van der Waals surface area contributed by atoms with Crippen molar-refractivity contribution in [2.24, 2.45) is 10.4 Å². The maximum absolute atomic E-state index is 3.92. The summed E-state index contributed by atoms with van der Waals surface area (Å²) in [6, 6.07) is 0. The zero-order valence-corrected chi connectivity index (χ0v) is 7.68. The van der Waals surface area contributed by atoms with Crippen LogP contribution in [0, 0.1) is 5.41 Å². The third-order valence-corrected chi connectivity index (χ3v) is 1.04. The monoisotopic (exact) mass is 142 g/mol. The van der Waals surface area contributed by atoms with E-state index in [-0.39, 0.29) is 0 Å². The van der Waals surface area contributed by atoms with E-state index in [2.05, 4.69) is 30.7 Å². The summed E-state index contributed by atoms with van der Waals surface area (Å²) in [6.45, 7) is 7.69. The molecule has 10 heavy (non-hydrogen) atoms. The first kappa shape index (κ1) is 9.47. The lowest BCUT2D eigenvalue weighted by atomic mass is 9.97. The molecule has 60 valence electrons. The van der Waals surface area contributed by atoms with Crippen LogP contribution < -0.4 is 0 Å². The molecule has 2 heteroatoms. The molecule has 0 unspecified atom stereocenters. The van der Waals surface area contributed by atoms with E-state index in [0.717, 1.165) is 6.54 Å². The molecule has 0 atom stereocenters. The lowest BCUT2D eigenvalue weighted by Gasteiger charge is -2.24. The van der Waals surface area contributed by atoms with Gasteiger partial charge in [0.15, 0.2) is 0 Å². The van der Waals surface area contributed by atoms with Crippen molar-refractivity contribution in [2.75, 3.05) is 20.6 Å². The Morgan fingerprint density at radius 3 is 2.20 bits per heavy atom. The van der Waals surface area contributed by atoms with Gasteiger partial charge in [0, 0.05) is 20.6 Å². The number of nitrogens with zero attached hydrogens (tertiary/aromatic N) is 2. The molecule has 2 nitrogen and oxygen atoms in total. The van der Waals surface area contributed by atoms with Crippen molar-refractivity contribution in [2.45, 2.75) is 20.8 Å². The summed E-state index contributed by atoms with van der Waals surface area (Å²) in [7, 11) is 3.83. The summed E-state index contributed by atoms with van der Waals surface area (Å²) in [5, 5.41) is 0. The number of aliphatic imine (C=N–C) groups is 1.